The van der Waals surface area contributed by atoms with Gasteiger partial charge < -0.3 is 14.2 Å². The Kier molecular flexibility index (Phi) is 5.14. The van der Waals surface area contributed by atoms with E-state index in [1.165, 1.54) is 27.5 Å². The molecule has 0 saturated heterocycles. The smallest absolute Gasteiger partial charge is 0.203 e. The van der Waals surface area contributed by atoms with E-state index in [2.05, 4.69) is 5.10 Å². The maximum atomic E-state index is 12.9. The van der Waals surface area contributed by atoms with Crippen LogP contribution in [0.3, 0.4) is 0 Å². The third-order valence-electron chi connectivity index (χ3n) is 3.84. The molecule has 0 fully saturated rings. The summed E-state index contributed by atoms with van der Waals surface area (Å²) in [5, 5.41) is 4.84. The average molecular weight is 373 g/mol. The van der Waals surface area contributed by atoms with Crippen LogP contribution in [0.1, 0.15) is 15.9 Å². The number of carbonyl (C=O) groups excluding carboxylic acids is 1. The number of methoxy groups -OCH3 is 3. The van der Waals surface area contributed by atoms with E-state index in [0.717, 1.165) is 5.69 Å². The molecular formula is C19H17ClN2O4. The first-order valence-electron chi connectivity index (χ1n) is 7.72. The second-order valence-corrected chi connectivity index (χ2v) is 5.83. The predicted octanol–water partition coefficient (Wildman–Crippen LogP) is 3.78. The van der Waals surface area contributed by atoms with Crippen LogP contribution < -0.4 is 14.2 Å². The van der Waals surface area contributed by atoms with E-state index < -0.39 is 0 Å². The first kappa shape index (κ1) is 17.8. The summed E-state index contributed by atoms with van der Waals surface area (Å²) < 4.78 is 17.5. The molecule has 2 aromatic carbocycles. The lowest BCUT2D eigenvalue weighted by Crippen LogP contribution is -2.03. The van der Waals surface area contributed by atoms with Gasteiger partial charge in [-0.3, -0.25) is 4.79 Å². The Hall–Kier alpha value is -2.99. The van der Waals surface area contributed by atoms with Gasteiger partial charge in [0.1, 0.15) is 0 Å². The van der Waals surface area contributed by atoms with Gasteiger partial charge in [0.05, 0.1) is 38.8 Å². The number of hydrogen-bond donors (Lipinski definition) is 0. The number of ketones is 1. The Balaban J connectivity index is 1.98. The summed E-state index contributed by atoms with van der Waals surface area (Å²) in [6.07, 6.45) is 3.16. The minimum absolute atomic E-state index is 0.211. The van der Waals surface area contributed by atoms with Gasteiger partial charge in [0.15, 0.2) is 17.3 Å². The molecule has 7 heteroatoms. The molecule has 1 aromatic heterocycles. The standard InChI is InChI=1S/C19H17ClN2O4/c1-24-16-7-12(8-17(25-2)19(16)26-3)18(23)13-10-21-22(11-13)15-6-4-5-14(20)9-15/h4-11H,1-3H3. The molecule has 3 rings (SSSR count). The number of rotatable bonds is 6. The largest absolute Gasteiger partial charge is 0.493 e. The van der Waals surface area contributed by atoms with Gasteiger partial charge in [0, 0.05) is 16.8 Å². The Bertz CT molecular complexity index is 927. The minimum atomic E-state index is -0.211. The van der Waals surface area contributed by atoms with Gasteiger partial charge in [-0.05, 0) is 30.3 Å². The van der Waals surface area contributed by atoms with Gasteiger partial charge in [-0.15, -0.1) is 0 Å². The van der Waals surface area contributed by atoms with Crippen molar-refractivity contribution in [1.29, 1.82) is 0 Å². The van der Waals surface area contributed by atoms with Crippen molar-refractivity contribution in [2.45, 2.75) is 0 Å². The van der Waals surface area contributed by atoms with Crippen LogP contribution in [0, 0.1) is 0 Å². The highest BCUT2D eigenvalue weighted by atomic mass is 35.5. The Morgan fingerprint density at radius 2 is 1.69 bits per heavy atom. The zero-order valence-corrected chi connectivity index (χ0v) is 15.3. The molecule has 0 aliphatic heterocycles. The van der Waals surface area contributed by atoms with Crippen LogP contribution in [-0.4, -0.2) is 36.9 Å². The highest BCUT2D eigenvalue weighted by molar-refractivity contribution is 6.30. The van der Waals surface area contributed by atoms with Crippen LogP contribution in [-0.2, 0) is 0 Å². The molecule has 0 atom stereocenters. The van der Waals surface area contributed by atoms with E-state index in [0.29, 0.717) is 33.4 Å². The second-order valence-electron chi connectivity index (χ2n) is 5.40. The van der Waals surface area contributed by atoms with Gasteiger partial charge in [0.25, 0.3) is 0 Å². The van der Waals surface area contributed by atoms with E-state index >= 15 is 0 Å². The Labute approximate surface area is 155 Å². The van der Waals surface area contributed by atoms with Crippen LogP contribution in [0.4, 0.5) is 0 Å². The number of aromatic nitrogens is 2. The van der Waals surface area contributed by atoms with E-state index in [9.17, 15) is 4.79 Å². The van der Waals surface area contributed by atoms with Crippen molar-refractivity contribution >= 4 is 17.4 Å². The van der Waals surface area contributed by atoms with Crippen molar-refractivity contribution < 1.29 is 19.0 Å². The molecule has 26 heavy (non-hydrogen) atoms. The van der Waals surface area contributed by atoms with Crippen LogP contribution in [0.15, 0.2) is 48.8 Å². The number of halogens is 1. The fraction of sp³-hybridized carbons (Fsp3) is 0.158. The lowest BCUT2D eigenvalue weighted by molar-refractivity contribution is 0.103. The summed E-state index contributed by atoms with van der Waals surface area (Å²) in [5.41, 5.74) is 1.60. The maximum Gasteiger partial charge on any atom is 0.203 e. The number of ether oxygens (including phenoxy) is 3. The predicted molar refractivity (Wildman–Crippen MR) is 98.1 cm³/mol. The molecule has 0 saturated carbocycles. The highest BCUT2D eigenvalue weighted by Crippen LogP contribution is 2.38. The molecule has 0 spiro atoms. The molecule has 0 bridgehead atoms. The molecule has 0 N–H and O–H groups in total. The molecular weight excluding hydrogens is 356 g/mol. The molecule has 3 aromatic rings. The van der Waals surface area contributed by atoms with E-state index in [1.54, 1.807) is 35.1 Å². The summed E-state index contributed by atoms with van der Waals surface area (Å²) in [6.45, 7) is 0. The Morgan fingerprint density at radius 3 is 2.27 bits per heavy atom. The Morgan fingerprint density at radius 1 is 1.00 bits per heavy atom. The van der Waals surface area contributed by atoms with Crippen LogP contribution >= 0.6 is 11.6 Å². The van der Waals surface area contributed by atoms with Gasteiger partial charge in [-0.1, -0.05) is 17.7 Å². The van der Waals surface area contributed by atoms with Crippen LogP contribution in [0.25, 0.3) is 5.69 Å². The van der Waals surface area contributed by atoms with Gasteiger partial charge in [0.2, 0.25) is 5.75 Å². The molecule has 0 aliphatic carbocycles. The van der Waals surface area contributed by atoms with Crippen molar-refractivity contribution in [1.82, 2.24) is 9.78 Å². The number of benzene rings is 2. The number of carbonyl (C=O) groups is 1. The summed E-state index contributed by atoms with van der Waals surface area (Å²) in [4.78, 5) is 12.9. The monoisotopic (exact) mass is 372 g/mol. The number of nitrogens with zero attached hydrogens (tertiary/aromatic N) is 2. The number of hydrogen-bond acceptors (Lipinski definition) is 5. The van der Waals surface area contributed by atoms with Crippen LogP contribution in [0.2, 0.25) is 5.02 Å². The van der Waals surface area contributed by atoms with Crippen molar-refractivity contribution in [3.63, 3.8) is 0 Å². The fourth-order valence-corrected chi connectivity index (χ4v) is 2.76. The van der Waals surface area contributed by atoms with E-state index in [-0.39, 0.29) is 5.78 Å². The minimum Gasteiger partial charge on any atom is -0.493 e. The van der Waals surface area contributed by atoms with Gasteiger partial charge in [-0.2, -0.15) is 5.10 Å². The van der Waals surface area contributed by atoms with E-state index in [1.807, 2.05) is 12.1 Å². The summed E-state index contributed by atoms with van der Waals surface area (Å²) in [6, 6.07) is 10.4. The lowest BCUT2D eigenvalue weighted by atomic mass is 10.1. The zero-order valence-electron chi connectivity index (χ0n) is 14.5. The zero-order chi connectivity index (χ0) is 18.7. The topological polar surface area (TPSA) is 62.6 Å². The molecule has 1 heterocycles. The highest BCUT2D eigenvalue weighted by Gasteiger charge is 2.19. The third-order valence-corrected chi connectivity index (χ3v) is 4.08. The first-order chi connectivity index (χ1) is 12.6. The van der Waals surface area contributed by atoms with Gasteiger partial charge >= 0.3 is 0 Å². The molecule has 0 aliphatic rings. The van der Waals surface area contributed by atoms with Crippen molar-refractivity contribution in [3.05, 3.63) is 64.9 Å². The third kappa shape index (κ3) is 3.36. The lowest BCUT2D eigenvalue weighted by Gasteiger charge is -2.13. The maximum absolute atomic E-state index is 12.9. The SMILES string of the molecule is COc1cc(C(=O)c2cnn(-c3cccc(Cl)c3)c2)cc(OC)c1OC. The molecule has 0 unspecified atom stereocenters. The average Bonchev–Trinajstić information content (AvgIpc) is 3.16. The second kappa shape index (κ2) is 7.49. The molecule has 134 valence electrons. The summed E-state index contributed by atoms with van der Waals surface area (Å²) in [5.74, 6) is 1.05. The molecule has 0 radical (unpaired) electrons. The first-order valence-corrected chi connectivity index (χ1v) is 8.10. The van der Waals surface area contributed by atoms with Crippen molar-refractivity contribution in [2.75, 3.05) is 21.3 Å². The van der Waals surface area contributed by atoms with Gasteiger partial charge in [-0.25, -0.2) is 4.68 Å². The summed E-state index contributed by atoms with van der Waals surface area (Å²) >= 11 is 6.01. The fourth-order valence-electron chi connectivity index (χ4n) is 2.58. The normalized spacial score (nSPS) is 10.5. The molecule has 0 amide bonds. The van der Waals surface area contributed by atoms with Crippen LogP contribution in [0.5, 0.6) is 17.2 Å². The van der Waals surface area contributed by atoms with Crippen molar-refractivity contribution in [3.8, 4) is 22.9 Å². The summed E-state index contributed by atoms with van der Waals surface area (Å²) in [7, 11) is 4.52. The van der Waals surface area contributed by atoms with E-state index in [4.69, 9.17) is 25.8 Å². The quantitative estimate of drug-likeness (QED) is 0.616. The molecule has 6 nitrogen and oxygen atoms in total. The van der Waals surface area contributed by atoms with Crippen molar-refractivity contribution in [2.24, 2.45) is 0 Å².